The van der Waals surface area contributed by atoms with Gasteiger partial charge in [-0.1, -0.05) is 41.9 Å². The molecule has 7 nitrogen and oxygen atoms in total. The first-order chi connectivity index (χ1) is 18.5. The average Bonchev–Trinajstić information content (AvgIpc) is 3.48. The Morgan fingerprint density at radius 2 is 1.87 bits per heavy atom. The third-order valence-electron chi connectivity index (χ3n) is 7.77. The number of likely N-dealkylation sites (tertiary alicyclic amines) is 1. The highest BCUT2D eigenvalue weighted by atomic mass is 35.5. The lowest BCUT2D eigenvalue weighted by molar-refractivity contribution is 0.0203. The molecule has 0 N–H and O–H groups in total. The van der Waals surface area contributed by atoms with Crippen LogP contribution in [0, 0.1) is 5.41 Å². The first-order valence-electron chi connectivity index (χ1n) is 13.2. The van der Waals surface area contributed by atoms with Crippen molar-refractivity contribution in [2.75, 3.05) is 37.7 Å². The summed E-state index contributed by atoms with van der Waals surface area (Å²) in [5, 5.41) is 0.589. The molecule has 2 saturated heterocycles. The Balaban J connectivity index is 1.16. The molecule has 7 rings (SSSR count). The Bertz CT molecular complexity index is 1480. The summed E-state index contributed by atoms with van der Waals surface area (Å²) in [4.78, 5) is 16.5. The normalized spacial score (nSPS) is 19.2. The Morgan fingerprint density at radius 1 is 1.05 bits per heavy atom. The molecule has 2 aliphatic heterocycles. The molecule has 4 heterocycles. The summed E-state index contributed by atoms with van der Waals surface area (Å²) in [7, 11) is 0. The third-order valence-corrected chi connectivity index (χ3v) is 9.72. The van der Waals surface area contributed by atoms with Crippen LogP contribution in [0.1, 0.15) is 25.3 Å². The monoisotopic (exact) mass is 547 g/mol. The van der Waals surface area contributed by atoms with E-state index in [9.17, 15) is 0 Å². The van der Waals surface area contributed by atoms with Gasteiger partial charge in [0.15, 0.2) is 11.2 Å². The van der Waals surface area contributed by atoms with Crippen LogP contribution in [0.4, 0.5) is 0 Å². The van der Waals surface area contributed by atoms with Crippen LogP contribution in [0.5, 0.6) is 11.6 Å². The Labute approximate surface area is 231 Å². The Kier molecular flexibility index (Phi) is 6.02. The number of imidazole rings is 1. The smallest absolute Gasteiger partial charge is 0.245 e. The van der Waals surface area contributed by atoms with Crippen LogP contribution in [0.2, 0.25) is 5.02 Å². The van der Waals surface area contributed by atoms with Crippen molar-refractivity contribution in [3.05, 3.63) is 65.4 Å². The summed E-state index contributed by atoms with van der Waals surface area (Å²) in [5.41, 5.74) is 3.78. The van der Waals surface area contributed by atoms with E-state index >= 15 is 0 Å². The highest BCUT2D eigenvalue weighted by Crippen LogP contribution is 2.45. The van der Waals surface area contributed by atoms with E-state index in [1.54, 1.807) is 6.33 Å². The quantitative estimate of drug-likeness (QED) is 0.272. The molecule has 1 saturated carbocycles. The van der Waals surface area contributed by atoms with Gasteiger partial charge in [0.25, 0.3) is 0 Å². The summed E-state index contributed by atoms with van der Waals surface area (Å²) in [5.74, 6) is 4.65. The van der Waals surface area contributed by atoms with Crippen LogP contribution in [-0.4, -0.2) is 67.8 Å². The maximum Gasteiger partial charge on any atom is 0.245 e. The maximum atomic E-state index is 6.85. The van der Waals surface area contributed by atoms with Crippen LogP contribution in [-0.2, 0) is 6.54 Å². The van der Waals surface area contributed by atoms with Gasteiger partial charge in [-0.05, 0) is 43.5 Å². The van der Waals surface area contributed by atoms with E-state index in [4.69, 9.17) is 26.1 Å². The van der Waals surface area contributed by atoms with Crippen molar-refractivity contribution >= 4 is 34.5 Å². The van der Waals surface area contributed by atoms with Gasteiger partial charge in [0.2, 0.25) is 5.88 Å². The molecular weight excluding hydrogens is 518 g/mol. The van der Waals surface area contributed by atoms with Gasteiger partial charge in [0, 0.05) is 42.1 Å². The van der Waals surface area contributed by atoms with E-state index in [2.05, 4.69) is 50.3 Å². The van der Waals surface area contributed by atoms with E-state index in [1.165, 1.54) is 24.6 Å². The summed E-state index contributed by atoms with van der Waals surface area (Å²) >= 11 is 8.91. The number of hydrogen-bond donors (Lipinski definition) is 0. The standard InChI is InChI=1S/C29H30ClN5O2S/c1-28(9-10-28)37-27-24-26(31-19-32-27)35(14-20-5-3-2-4-6-20)25(33-24)22-8-7-21(13-23(22)30)36-12-11-34-15-29(16-34)17-38-18-29/h2-8,13,19H,9-12,14-18H2,1H3. The summed E-state index contributed by atoms with van der Waals surface area (Å²) < 4.78 is 14.4. The third kappa shape index (κ3) is 4.63. The van der Waals surface area contributed by atoms with E-state index in [-0.39, 0.29) is 5.60 Å². The van der Waals surface area contributed by atoms with Crippen molar-refractivity contribution in [2.24, 2.45) is 5.41 Å². The molecule has 0 bridgehead atoms. The second-order valence-corrected chi connectivity index (χ2v) is 12.5. The SMILES string of the molecule is CC1(Oc2ncnc3c2nc(-c2ccc(OCCN4CC5(CSC5)C4)cc2Cl)n3Cc2ccccc2)CC1. The molecule has 1 spiro atoms. The van der Waals surface area contributed by atoms with Crippen LogP contribution in [0.15, 0.2) is 54.9 Å². The summed E-state index contributed by atoms with van der Waals surface area (Å²) in [6.45, 7) is 6.71. The van der Waals surface area contributed by atoms with E-state index in [0.717, 1.165) is 47.7 Å². The zero-order valence-electron chi connectivity index (χ0n) is 21.4. The van der Waals surface area contributed by atoms with Crippen molar-refractivity contribution in [2.45, 2.75) is 31.9 Å². The van der Waals surface area contributed by atoms with Crippen molar-refractivity contribution in [3.63, 3.8) is 0 Å². The van der Waals surface area contributed by atoms with Crippen molar-refractivity contribution < 1.29 is 9.47 Å². The number of aromatic nitrogens is 4. The molecule has 196 valence electrons. The molecule has 0 radical (unpaired) electrons. The highest BCUT2D eigenvalue weighted by Gasteiger charge is 2.47. The molecule has 3 aliphatic rings. The molecule has 2 aromatic carbocycles. The fourth-order valence-electron chi connectivity index (χ4n) is 5.32. The second kappa shape index (κ2) is 9.43. The molecular formula is C29H30ClN5O2S. The van der Waals surface area contributed by atoms with Crippen molar-refractivity contribution in [1.29, 1.82) is 0 Å². The molecule has 9 heteroatoms. The van der Waals surface area contributed by atoms with Gasteiger partial charge < -0.3 is 14.0 Å². The number of rotatable bonds is 9. The van der Waals surface area contributed by atoms with Gasteiger partial charge in [-0.3, -0.25) is 4.90 Å². The predicted octanol–water partition coefficient (Wildman–Crippen LogP) is 5.55. The number of nitrogens with zero attached hydrogens (tertiary/aromatic N) is 5. The van der Waals surface area contributed by atoms with Crippen molar-refractivity contribution in [1.82, 2.24) is 24.4 Å². The fourth-order valence-corrected chi connectivity index (χ4v) is 6.72. The first-order valence-corrected chi connectivity index (χ1v) is 14.7. The summed E-state index contributed by atoms with van der Waals surface area (Å²) in [6, 6.07) is 16.1. The molecule has 0 amide bonds. The minimum absolute atomic E-state index is 0.172. The van der Waals surface area contributed by atoms with Gasteiger partial charge >= 0.3 is 0 Å². The van der Waals surface area contributed by atoms with E-state index in [1.807, 2.05) is 36.4 Å². The fraction of sp³-hybridized carbons (Fsp3) is 0.414. The predicted molar refractivity (Wildman–Crippen MR) is 151 cm³/mol. The van der Waals surface area contributed by atoms with Gasteiger partial charge in [0.05, 0.1) is 11.6 Å². The van der Waals surface area contributed by atoms with Crippen LogP contribution in [0.25, 0.3) is 22.6 Å². The number of hydrogen-bond acceptors (Lipinski definition) is 7. The van der Waals surface area contributed by atoms with Gasteiger partial charge in [-0.2, -0.15) is 16.7 Å². The van der Waals surface area contributed by atoms with E-state index in [0.29, 0.717) is 35.0 Å². The first kappa shape index (κ1) is 24.2. The lowest BCUT2D eigenvalue weighted by Crippen LogP contribution is -2.63. The number of fused-ring (bicyclic) bond motifs is 1. The van der Waals surface area contributed by atoms with Crippen LogP contribution in [0.3, 0.4) is 0 Å². The molecule has 3 fully saturated rings. The minimum Gasteiger partial charge on any atom is -0.492 e. The molecule has 2 aromatic heterocycles. The average molecular weight is 548 g/mol. The van der Waals surface area contributed by atoms with Crippen LogP contribution < -0.4 is 9.47 Å². The van der Waals surface area contributed by atoms with Crippen molar-refractivity contribution in [3.8, 4) is 23.0 Å². The lowest BCUT2D eigenvalue weighted by atomic mass is 9.83. The number of ether oxygens (including phenoxy) is 2. The molecule has 4 aromatic rings. The van der Waals surface area contributed by atoms with Gasteiger partial charge in [0.1, 0.15) is 30.1 Å². The zero-order valence-corrected chi connectivity index (χ0v) is 23.0. The molecule has 0 atom stereocenters. The van der Waals surface area contributed by atoms with Crippen LogP contribution >= 0.6 is 23.4 Å². The topological polar surface area (TPSA) is 65.3 Å². The minimum atomic E-state index is -0.172. The molecule has 0 unspecified atom stereocenters. The largest absolute Gasteiger partial charge is 0.492 e. The number of halogens is 1. The second-order valence-electron chi connectivity index (χ2n) is 11.1. The number of thioether (sulfide) groups is 1. The number of benzene rings is 2. The van der Waals surface area contributed by atoms with Gasteiger partial charge in [-0.15, -0.1) is 0 Å². The maximum absolute atomic E-state index is 6.85. The Morgan fingerprint density at radius 3 is 2.58 bits per heavy atom. The Hall–Kier alpha value is -2.81. The molecule has 38 heavy (non-hydrogen) atoms. The van der Waals surface area contributed by atoms with E-state index < -0.39 is 0 Å². The highest BCUT2D eigenvalue weighted by molar-refractivity contribution is 8.00. The zero-order chi connectivity index (χ0) is 25.7. The molecule has 1 aliphatic carbocycles. The van der Waals surface area contributed by atoms with Gasteiger partial charge in [-0.25, -0.2) is 9.97 Å². The summed E-state index contributed by atoms with van der Waals surface area (Å²) in [6.07, 6.45) is 3.58. The lowest BCUT2D eigenvalue weighted by Gasteiger charge is -2.55.